The highest BCUT2D eigenvalue weighted by Gasteiger charge is 2.08. The lowest BCUT2D eigenvalue weighted by Crippen LogP contribution is -2.04. The van der Waals surface area contributed by atoms with Crippen molar-refractivity contribution in [3.63, 3.8) is 0 Å². The number of rotatable bonds is 5. The Hall–Kier alpha value is -0.770. The van der Waals surface area contributed by atoms with Crippen LogP contribution in [0.4, 0.5) is 0 Å². The van der Waals surface area contributed by atoms with Gasteiger partial charge >= 0.3 is 0 Å². The number of hydrogen-bond donors (Lipinski definition) is 2. The van der Waals surface area contributed by atoms with Crippen molar-refractivity contribution in [1.82, 2.24) is 0 Å². The minimum Gasteiger partial charge on any atom is -0.507 e. The fourth-order valence-electron chi connectivity index (χ4n) is 1.39. The van der Waals surface area contributed by atoms with Crippen molar-refractivity contribution in [3.8, 4) is 5.75 Å². The SMILES string of the molecule is CCOCc1cc(Cl)cc(CCN)c1O. The highest BCUT2D eigenvalue weighted by atomic mass is 35.5. The number of aromatic hydroxyl groups is 1. The fraction of sp³-hybridized carbons (Fsp3) is 0.455. The summed E-state index contributed by atoms with van der Waals surface area (Å²) in [7, 11) is 0. The van der Waals surface area contributed by atoms with Gasteiger partial charge in [0, 0.05) is 17.2 Å². The van der Waals surface area contributed by atoms with Crippen LogP contribution in [0, 0.1) is 0 Å². The Kier molecular flexibility index (Phi) is 4.88. The van der Waals surface area contributed by atoms with Crippen LogP contribution in [-0.4, -0.2) is 18.3 Å². The molecule has 1 aromatic rings. The van der Waals surface area contributed by atoms with E-state index in [0.29, 0.717) is 36.8 Å². The van der Waals surface area contributed by atoms with E-state index in [1.807, 2.05) is 6.92 Å². The summed E-state index contributed by atoms with van der Waals surface area (Å²) in [6, 6.07) is 3.45. The predicted molar refractivity (Wildman–Crippen MR) is 61.2 cm³/mol. The second-order valence-electron chi connectivity index (χ2n) is 3.25. The lowest BCUT2D eigenvalue weighted by Gasteiger charge is -2.10. The van der Waals surface area contributed by atoms with Gasteiger partial charge in [-0.05, 0) is 37.6 Å². The van der Waals surface area contributed by atoms with E-state index in [1.54, 1.807) is 12.1 Å². The van der Waals surface area contributed by atoms with Gasteiger partial charge in [-0.1, -0.05) is 11.6 Å². The number of phenolic OH excluding ortho intramolecular Hbond substituents is 1. The second-order valence-corrected chi connectivity index (χ2v) is 3.68. The number of phenols is 1. The van der Waals surface area contributed by atoms with Crippen molar-refractivity contribution < 1.29 is 9.84 Å². The van der Waals surface area contributed by atoms with Gasteiger partial charge in [0.2, 0.25) is 0 Å². The van der Waals surface area contributed by atoms with Gasteiger partial charge in [-0.3, -0.25) is 0 Å². The Bertz CT molecular complexity index is 329. The molecule has 15 heavy (non-hydrogen) atoms. The summed E-state index contributed by atoms with van der Waals surface area (Å²) < 4.78 is 5.24. The Balaban J connectivity index is 2.93. The lowest BCUT2D eigenvalue weighted by atomic mass is 10.1. The van der Waals surface area contributed by atoms with Crippen LogP contribution < -0.4 is 5.73 Å². The molecule has 0 saturated carbocycles. The molecule has 84 valence electrons. The third-order valence-corrected chi connectivity index (χ3v) is 2.33. The summed E-state index contributed by atoms with van der Waals surface area (Å²) in [6.07, 6.45) is 0.617. The van der Waals surface area contributed by atoms with Gasteiger partial charge in [-0.15, -0.1) is 0 Å². The van der Waals surface area contributed by atoms with Crippen molar-refractivity contribution in [3.05, 3.63) is 28.3 Å². The van der Waals surface area contributed by atoms with Crippen molar-refractivity contribution in [2.24, 2.45) is 5.73 Å². The number of ether oxygens (including phenoxy) is 1. The smallest absolute Gasteiger partial charge is 0.124 e. The van der Waals surface area contributed by atoms with Crippen molar-refractivity contribution in [2.75, 3.05) is 13.2 Å². The highest BCUT2D eigenvalue weighted by Crippen LogP contribution is 2.28. The summed E-state index contributed by atoms with van der Waals surface area (Å²) in [5, 5.41) is 10.5. The average molecular weight is 230 g/mol. The van der Waals surface area contributed by atoms with Crippen molar-refractivity contribution in [2.45, 2.75) is 20.0 Å². The minimum atomic E-state index is 0.248. The first-order valence-electron chi connectivity index (χ1n) is 4.97. The molecule has 0 atom stereocenters. The zero-order valence-corrected chi connectivity index (χ0v) is 9.55. The van der Waals surface area contributed by atoms with E-state index >= 15 is 0 Å². The molecule has 3 nitrogen and oxygen atoms in total. The van der Waals surface area contributed by atoms with Crippen LogP contribution in [0.15, 0.2) is 12.1 Å². The molecule has 0 bridgehead atoms. The first kappa shape index (κ1) is 12.3. The maximum absolute atomic E-state index is 9.88. The molecule has 0 aliphatic rings. The van der Waals surface area contributed by atoms with Gasteiger partial charge in [0.25, 0.3) is 0 Å². The maximum atomic E-state index is 9.88. The molecule has 0 spiro atoms. The highest BCUT2D eigenvalue weighted by molar-refractivity contribution is 6.30. The standard InChI is InChI=1S/C11H16ClNO2/c1-2-15-7-9-6-10(12)5-8(3-4-13)11(9)14/h5-6,14H,2-4,7,13H2,1H3. The van der Waals surface area contributed by atoms with Crippen LogP contribution in [0.2, 0.25) is 5.02 Å². The topological polar surface area (TPSA) is 55.5 Å². The molecule has 4 heteroatoms. The van der Waals surface area contributed by atoms with Gasteiger partial charge in [-0.2, -0.15) is 0 Å². The molecule has 0 radical (unpaired) electrons. The predicted octanol–water partition coefficient (Wildman–Crippen LogP) is 2.08. The average Bonchev–Trinajstić information content (AvgIpc) is 2.21. The normalized spacial score (nSPS) is 10.6. The van der Waals surface area contributed by atoms with Gasteiger partial charge in [-0.25, -0.2) is 0 Å². The zero-order valence-electron chi connectivity index (χ0n) is 8.79. The molecule has 0 aliphatic carbocycles. The largest absolute Gasteiger partial charge is 0.507 e. The van der Waals surface area contributed by atoms with Crippen LogP contribution in [0.3, 0.4) is 0 Å². The summed E-state index contributed by atoms with van der Waals surface area (Å²) in [5.41, 5.74) is 6.94. The first-order chi connectivity index (χ1) is 7.19. The maximum Gasteiger partial charge on any atom is 0.124 e. The Morgan fingerprint density at radius 1 is 1.40 bits per heavy atom. The summed E-state index contributed by atoms with van der Waals surface area (Å²) >= 11 is 5.93. The molecule has 0 heterocycles. The van der Waals surface area contributed by atoms with Gasteiger partial charge in [0.05, 0.1) is 6.61 Å². The van der Waals surface area contributed by atoms with E-state index in [4.69, 9.17) is 22.1 Å². The molecular formula is C11H16ClNO2. The molecular weight excluding hydrogens is 214 g/mol. The van der Waals surface area contributed by atoms with Crippen LogP contribution in [-0.2, 0) is 17.8 Å². The number of nitrogens with two attached hydrogens (primary N) is 1. The van der Waals surface area contributed by atoms with E-state index in [2.05, 4.69) is 0 Å². The lowest BCUT2D eigenvalue weighted by molar-refractivity contribution is 0.132. The minimum absolute atomic E-state index is 0.248. The number of hydrogen-bond acceptors (Lipinski definition) is 3. The van der Waals surface area contributed by atoms with Crippen molar-refractivity contribution >= 4 is 11.6 Å². The quantitative estimate of drug-likeness (QED) is 0.813. The van der Waals surface area contributed by atoms with Crippen molar-refractivity contribution in [1.29, 1.82) is 0 Å². The number of benzene rings is 1. The third-order valence-electron chi connectivity index (χ3n) is 2.11. The van der Waals surface area contributed by atoms with Crippen LogP contribution in [0.1, 0.15) is 18.1 Å². The van der Waals surface area contributed by atoms with Crippen LogP contribution in [0.5, 0.6) is 5.75 Å². The van der Waals surface area contributed by atoms with Gasteiger partial charge in [0.15, 0.2) is 0 Å². The van der Waals surface area contributed by atoms with Crippen LogP contribution >= 0.6 is 11.6 Å². The van der Waals surface area contributed by atoms with E-state index in [1.165, 1.54) is 0 Å². The molecule has 0 saturated heterocycles. The molecule has 0 fully saturated rings. The Morgan fingerprint density at radius 3 is 2.67 bits per heavy atom. The Morgan fingerprint density at radius 2 is 2.07 bits per heavy atom. The molecule has 0 aromatic heterocycles. The van der Waals surface area contributed by atoms with Gasteiger partial charge < -0.3 is 15.6 Å². The Labute approximate surface area is 94.8 Å². The fourth-order valence-corrected chi connectivity index (χ4v) is 1.65. The van der Waals surface area contributed by atoms with Gasteiger partial charge in [0.1, 0.15) is 5.75 Å². The number of halogens is 1. The third kappa shape index (κ3) is 3.38. The van der Waals surface area contributed by atoms with E-state index in [9.17, 15) is 5.11 Å². The van der Waals surface area contributed by atoms with E-state index in [-0.39, 0.29) is 5.75 Å². The molecule has 0 unspecified atom stereocenters. The van der Waals surface area contributed by atoms with Crippen LogP contribution in [0.25, 0.3) is 0 Å². The molecule has 1 aromatic carbocycles. The second kappa shape index (κ2) is 5.95. The monoisotopic (exact) mass is 229 g/mol. The van der Waals surface area contributed by atoms with E-state index in [0.717, 1.165) is 5.56 Å². The summed E-state index contributed by atoms with van der Waals surface area (Å²) in [4.78, 5) is 0. The molecule has 1 rings (SSSR count). The zero-order chi connectivity index (χ0) is 11.3. The molecule has 0 aliphatic heterocycles. The first-order valence-corrected chi connectivity index (χ1v) is 5.35. The molecule has 3 N–H and O–H groups in total. The molecule has 0 amide bonds. The summed E-state index contributed by atoms with van der Waals surface area (Å²) in [6.45, 7) is 3.38. The summed E-state index contributed by atoms with van der Waals surface area (Å²) in [5.74, 6) is 0.248. The van der Waals surface area contributed by atoms with E-state index < -0.39 is 0 Å².